The largest absolute Gasteiger partial charge is 0.373 e. The number of hydrogen-bond donors (Lipinski definition) is 0. The zero-order valence-corrected chi connectivity index (χ0v) is 9.77. The van der Waals surface area contributed by atoms with Crippen LogP contribution in [0.25, 0.3) is 0 Å². The fourth-order valence-corrected chi connectivity index (χ4v) is 1.62. The zero-order valence-electron chi connectivity index (χ0n) is 9.77. The average molecular weight is 224 g/mol. The molecule has 0 spiro atoms. The second-order valence-corrected chi connectivity index (χ2v) is 4.32. The van der Waals surface area contributed by atoms with Crippen molar-refractivity contribution >= 4 is 5.78 Å². The van der Waals surface area contributed by atoms with Crippen molar-refractivity contribution in [1.29, 1.82) is 0 Å². The van der Waals surface area contributed by atoms with Gasteiger partial charge in [0.05, 0.1) is 5.92 Å². The summed E-state index contributed by atoms with van der Waals surface area (Å²) in [5, 5.41) is 3.89. The van der Waals surface area contributed by atoms with Crippen LogP contribution in [-0.4, -0.2) is 23.0 Å². The van der Waals surface area contributed by atoms with Crippen LogP contribution in [0, 0.1) is 5.92 Å². The van der Waals surface area contributed by atoms with Crippen molar-refractivity contribution in [2.45, 2.75) is 38.7 Å². The van der Waals surface area contributed by atoms with E-state index in [0.717, 1.165) is 12.8 Å². The van der Waals surface area contributed by atoms with Gasteiger partial charge in [0.1, 0.15) is 11.9 Å². The van der Waals surface area contributed by atoms with Gasteiger partial charge in [0, 0.05) is 7.11 Å². The van der Waals surface area contributed by atoms with Crippen molar-refractivity contribution in [1.82, 2.24) is 10.1 Å². The molecule has 1 aromatic rings. The number of methoxy groups -OCH3 is 1. The van der Waals surface area contributed by atoms with Gasteiger partial charge in [0.25, 0.3) is 0 Å². The summed E-state index contributed by atoms with van der Waals surface area (Å²) in [6.45, 7) is 3.28. The number of ether oxygens (including phenoxy) is 1. The van der Waals surface area contributed by atoms with Crippen molar-refractivity contribution < 1.29 is 14.1 Å². The van der Waals surface area contributed by atoms with E-state index >= 15 is 0 Å². The molecule has 0 radical (unpaired) electrons. The molecular formula is C11H16N2O3. The summed E-state index contributed by atoms with van der Waals surface area (Å²) < 4.78 is 10.4. The normalized spacial score (nSPS) is 19.4. The second-order valence-electron chi connectivity index (χ2n) is 4.32. The van der Waals surface area contributed by atoms with Crippen LogP contribution in [0.15, 0.2) is 4.52 Å². The summed E-state index contributed by atoms with van der Waals surface area (Å²) in [7, 11) is 1.65. The summed E-state index contributed by atoms with van der Waals surface area (Å²) in [4.78, 5) is 15.4. The maximum atomic E-state index is 11.2. The molecule has 0 bridgehead atoms. The van der Waals surface area contributed by atoms with Gasteiger partial charge < -0.3 is 9.26 Å². The van der Waals surface area contributed by atoms with E-state index in [1.807, 2.05) is 0 Å². The number of aromatic nitrogens is 2. The first-order valence-corrected chi connectivity index (χ1v) is 5.50. The van der Waals surface area contributed by atoms with Gasteiger partial charge in [-0.05, 0) is 32.6 Å². The maximum Gasteiger partial charge on any atom is 0.237 e. The molecule has 5 nitrogen and oxygen atoms in total. The lowest BCUT2D eigenvalue weighted by atomic mass is 10.1. The molecule has 16 heavy (non-hydrogen) atoms. The second kappa shape index (κ2) is 4.33. The van der Waals surface area contributed by atoms with Crippen LogP contribution < -0.4 is 0 Å². The lowest BCUT2D eigenvalue weighted by Crippen LogP contribution is -2.08. The minimum Gasteiger partial charge on any atom is -0.373 e. The van der Waals surface area contributed by atoms with Crippen LogP contribution in [0.2, 0.25) is 0 Å². The first-order valence-electron chi connectivity index (χ1n) is 5.50. The molecule has 1 saturated carbocycles. The summed E-state index contributed by atoms with van der Waals surface area (Å²) >= 11 is 0. The monoisotopic (exact) mass is 224 g/mol. The summed E-state index contributed by atoms with van der Waals surface area (Å²) in [5.41, 5.74) is 0. The van der Waals surface area contributed by atoms with Gasteiger partial charge in [-0.3, -0.25) is 4.79 Å². The topological polar surface area (TPSA) is 65.2 Å². The highest BCUT2D eigenvalue weighted by Gasteiger charge is 2.36. The third-order valence-electron chi connectivity index (χ3n) is 3.00. The molecule has 0 saturated heterocycles. The van der Waals surface area contributed by atoms with Crippen LogP contribution in [0.5, 0.6) is 0 Å². The predicted octanol–water partition coefficient (Wildman–Crippen LogP) is 1.86. The molecule has 1 aliphatic carbocycles. The molecule has 88 valence electrons. The summed E-state index contributed by atoms with van der Waals surface area (Å²) in [6.07, 6.45) is 2.20. The fraction of sp³-hybridized carbons (Fsp3) is 0.727. The molecule has 0 aliphatic heterocycles. The van der Waals surface area contributed by atoms with E-state index in [9.17, 15) is 4.79 Å². The molecule has 0 amide bonds. The fourth-order valence-electron chi connectivity index (χ4n) is 1.62. The number of carbonyl (C=O) groups is 1. The molecule has 2 atom stereocenters. The van der Waals surface area contributed by atoms with E-state index in [2.05, 4.69) is 10.1 Å². The first kappa shape index (κ1) is 11.3. The minimum atomic E-state index is -0.335. The van der Waals surface area contributed by atoms with Crippen molar-refractivity contribution in [3.8, 4) is 0 Å². The van der Waals surface area contributed by atoms with Crippen molar-refractivity contribution in [3.05, 3.63) is 11.7 Å². The average Bonchev–Trinajstić information content (AvgIpc) is 2.96. The van der Waals surface area contributed by atoms with Crippen LogP contribution in [0.4, 0.5) is 0 Å². The Kier molecular flexibility index (Phi) is 3.05. The third kappa shape index (κ3) is 2.14. The Labute approximate surface area is 94.2 Å². The number of Topliss-reactive ketones (excluding diaryl/α,β-unsaturated/α-hetero) is 1. The lowest BCUT2D eigenvalue weighted by Gasteiger charge is -2.08. The molecule has 0 N–H and O–H groups in total. The van der Waals surface area contributed by atoms with Gasteiger partial charge in [-0.1, -0.05) is 5.16 Å². The van der Waals surface area contributed by atoms with E-state index in [4.69, 9.17) is 9.26 Å². The van der Waals surface area contributed by atoms with Crippen LogP contribution in [0.3, 0.4) is 0 Å². The van der Waals surface area contributed by atoms with Gasteiger partial charge in [0.15, 0.2) is 0 Å². The Morgan fingerprint density at radius 1 is 1.56 bits per heavy atom. The molecule has 5 heteroatoms. The van der Waals surface area contributed by atoms with Crippen molar-refractivity contribution in [3.63, 3.8) is 0 Å². The maximum absolute atomic E-state index is 11.2. The Morgan fingerprint density at radius 2 is 2.25 bits per heavy atom. The SMILES string of the molecule is COC(c1noc(C(C)C(C)=O)n1)C1CC1. The van der Waals surface area contributed by atoms with E-state index in [0.29, 0.717) is 17.6 Å². The number of nitrogens with zero attached hydrogens (tertiary/aromatic N) is 2. The Morgan fingerprint density at radius 3 is 2.75 bits per heavy atom. The van der Waals surface area contributed by atoms with Crippen LogP contribution >= 0.6 is 0 Å². The molecule has 2 unspecified atom stereocenters. The highest BCUT2D eigenvalue weighted by Crippen LogP contribution is 2.42. The highest BCUT2D eigenvalue weighted by atomic mass is 16.5. The van der Waals surface area contributed by atoms with Crippen molar-refractivity contribution in [2.24, 2.45) is 5.92 Å². The summed E-state index contributed by atoms with van der Waals surface area (Å²) in [6, 6.07) is 0. The first-order chi connectivity index (χ1) is 7.63. The number of ketones is 1. The van der Waals surface area contributed by atoms with Crippen LogP contribution in [-0.2, 0) is 9.53 Å². The van der Waals surface area contributed by atoms with Gasteiger partial charge in [-0.2, -0.15) is 4.98 Å². The zero-order chi connectivity index (χ0) is 11.7. The Hall–Kier alpha value is -1.23. The molecule has 1 heterocycles. The van der Waals surface area contributed by atoms with Crippen LogP contribution in [0.1, 0.15) is 50.4 Å². The smallest absolute Gasteiger partial charge is 0.237 e. The van der Waals surface area contributed by atoms with E-state index in [-0.39, 0.29) is 17.8 Å². The molecule has 2 rings (SSSR count). The number of hydrogen-bond acceptors (Lipinski definition) is 5. The molecule has 1 aliphatic rings. The molecule has 0 aromatic carbocycles. The van der Waals surface area contributed by atoms with Gasteiger partial charge in [-0.15, -0.1) is 0 Å². The Balaban J connectivity index is 2.14. The predicted molar refractivity (Wildman–Crippen MR) is 55.9 cm³/mol. The third-order valence-corrected chi connectivity index (χ3v) is 3.00. The number of carbonyl (C=O) groups excluding carboxylic acids is 1. The standard InChI is InChI=1S/C11H16N2O3/c1-6(7(2)14)11-12-10(13-16-11)9(15-3)8-4-5-8/h6,8-9H,4-5H2,1-3H3. The quantitative estimate of drug-likeness (QED) is 0.763. The summed E-state index contributed by atoms with van der Waals surface area (Å²) in [5.74, 6) is 1.13. The van der Waals surface area contributed by atoms with Gasteiger partial charge in [0.2, 0.25) is 11.7 Å². The van der Waals surface area contributed by atoms with Gasteiger partial charge >= 0.3 is 0 Å². The van der Waals surface area contributed by atoms with E-state index < -0.39 is 0 Å². The van der Waals surface area contributed by atoms with E-state index in [1.54, 1.807) is 14.0 Å². The van der Waals surface area contributed by atoms with Crippen molar-refractivity contribution in [2.75, 3.05) is 7.11 Å². The highest BCUT2D eigenvalue weighted by molar-refractivity contribution is 5.81. The van der Waals surface area contributed by atoms with E-state index in [1.165, 1.54) is 6.92 Å². The Bertz CT molecular complexity index is 384. The minimum absolute atomic E-state index is 0.0237. The molecule has 1 aromatic heterocycles. The molecule has 1 fully saturated rings. The number of rotatable bonds is 5. The lowest BCUT2D eigenvalue weighted by molar-refractivity contribution is -0.118. The molecular weight excluding hydrogens is 208 g/mol. The van der Waals surface area contributed by atoms with Gasteiger partial charge in [-0.25, -0.2) is 0 Å².